The standard InChI is InChI=1S/C48H32O/c1-2-15-31(16-3-1)35-20-6-7-23-38(35)47-41-26-10-8-24-39(41)45(40-25-9-11-27-42(40)47)33-18-14-19-34(29-33)46-36-21-5-4-17-32(36)30-43-37-22-12-13-28-44(37)49-48(43)46/h1-5,8-30H,6-7H2. The SMILES string of the molecule is C1=C(c2ccccc2)C(c2c3ccccc3c(-c3cccc(-c4c5ccccc5cc5c4oc4ccccc45)c3)c3ccccc23)=CCC1. The number of hydrogen-bond donors (Lipinski definition) is 0. The van der Waals surface area contributed by atoms with Crippen molar-refractivity contribution in [2.75, 3.05) is 0 Å². The second-order valence-electron chi connectivity index (χ2n) is 13.0. The quantitative estimate of drug-likeness (QED) is 0.178. The summed E-state index contributed by atoms with van der Waals surface area (Å²) in [6.45, 7) is 0. The zero-order chi connectivity index (χ0) is 32.3. The molecular weight excluding hydrogens is 593 g/mol. The predicted octanol–water partition coefficient (Wildman–Crippen LogP) is 13.6. The van der Waals surface area contributed by atoms with Crippen LogP contribution in [-0.4, -0.2) is 0 Å². The highest BCUT2D eigenvalue weighted by Crippen LogP contribution is 2.47. The van der Waals surface area contributed by atoms with E-state index in [4.69, 9.17) is 4.42 Å². The maximum atomic E-state index is 6.65. The molecule has 9 aromatic rings. The Bertz CT molecular complexity index is 2750. The van der Waals surface area contributed by atoms with Crippen molar-refractivity contribution in [2.24, 2.45) is 0 Å². The molecule has 10 rings (SSSR count). The molecular formula is C48H32O. The number of hydrogen-bond acceptors (Lipinski definition) is 1. The molecule has 1 aliphatic carbocycles. The van der Waals surface area contributed by atoms with Gasteiger partial charge in [-0.2, -0.15) is 0 Å². The fourth-order valence-corrected chi connectivity index (χ4v) is 8.17. The Morgan fingerprint density at radius 1 is 0.347 bits per heavy atom. The first-order valence-corrected chi connectivity index (χ1v) is 17.2. The molecule has 1 heterocycles. The number of benzene rings is 8. The Kier molecular flexibility index (Phi) is 6.38. The lowest BCUT2D eigenvalue weighted by atomic mass is 9.80. The van der Waals surface area contributed by atoms with E-state index in [9.17, 15) is 0 Å². The lowest BCUT2D eigenvalue weighted by molar-refractivity contribution is 0.670. The Morgan fingerprint density at radius 2 is 0.878 bits per heavy atom. The average Bonchev–Trinajstić information content (AvgIpc) is 3.54. The van der Waals surface area contributed by atoms with E-state index in [1.807, 2.05) is 6.07 Å². The van der Waals surface area contributed by atoms with Gasteiger partial charge in [0.1, 0.15) is 11.2 Å². The predicted molar refractivity (Wildman–Crippen MR) is 209 cm³/mol. The molecule has 49 heavy (non-hydrogen) atoms. The highest BCUT2D eigenvalue weighted by Gasteiger charge is 2.22. The molecule has 8 aromatic carbocycles. The topological polar surface area (TPSA) is 13.1 Å². The van der Waals surface area contributed by atoms with Crippen LogP contribution in [0.25, 0.3) is 87.7 Å². The van der Waals surface area contributed by atoms with Gasteiger partial charge in [0.05, 0.1) is 0 Å². The second kappa shape index (κ2) is 11.2. The summed E-state index contributed by atoms with van der Waals surface area (Å²) in [5, 5.41) is 9.79. The van der Waals surface area contributed by atoms with Gasteiger partial charge in [0.2, 0.25) is 0 Å². The van der Waals surface area contributed by atoms with E-state index in [2.05, 4.69) is 164 Å². The van der Waals surface area contributed by atoms with Crippen LogP contribution in [0.1, 0.15) is 24.0 Å². The summed E-state index contributed by atoms with van der Waals surface area (Å²) >= 11 is 0. The Hall–Kier alpha value is -6.18. The van der Waals surface area contributed by atoms with Crippen LogP contribution in [0.3, 0.4) is 0 Å². The molecule has 0 bridgehead atoms. The van der Waals surface area contributed by atoms with E-state index >= 15 is 0 Å². The maximum absolute atomic E-state index is 6.65. The van der Waals surface area contributed by atoms with Gasteiger partial charge < -0.3 is 4.42 Å². The molecule has 0 aliphatic heterocycles. The van der Waals surface area contributed by atoms with E-state index in [0.717, 1.165) is 45.9 Å². The second-order valence-corrected chi connectivity index (χ2v) is 13.0. The minimum Gasteiger partial charge on any atom is -0.455 e. The van der Waals surface area contributed by atoms with Gasteiger partial charge in [-0.25, -0.2) is 0 Å². The fraction of sp³-hybridized carbons (Fsp3) is 0.0417. The van der Waals surface area contributed by atoms with Gasteiger partial charge >= 0.3 is 0 Å². The number of rotatable bonds is 4. The van der Waals surface area contributed by atoms with Crippen LogP contribution in [-0.2, 0) is 0 Å². The summed E-state index contributed by atoms with van der Waals surface area (Å²) in [4.78, 5) is 0. The zero-order valence-electron chi connectivity index (χ0n) is 27.0. The van der Waals surface area contributed by atoms with Crippen molar-refractivity contribution in [3.8, 4) is 22.3 Å². The maximum Gasteiger partial charge on any atom is 0.143 e. The number of allylic oxidation sites excluding steroid dienone is 4. The zero-order valence-corrected chi connectivity index (χ0v) is 27.0. The largest absolute Gasteiger partial charge is 0.455 e. The van der Waals surface area contributed by atoms with Crippen molar-refractivity contribution >= 4 is 65.4 Å². The molecule has 0 fully saturated rings. The molecule has 0 radical (unpaired) electrons. The summed E-state index contributed by atoms with van der Waals surface area (Å²) in [6, 6.07) is 57.2. The molecule has 0 amide bonds. The van der Waals surface area contributed by atoms with E-state index in [0.29, 0.717) is 0 Å². The Morgan fingerprint density at radius 3 is 1.59 bits per heavy atom. The van der Waals surface area contributed by atoms with E-state index in [-0.39, 0.29) is 0 Å². The Balaban J connectivity index is 1.25. The summed E-state index contributed by atoms with van der Waals surface area (Å²) in [6.07, 6.45) is 6.98. The molecule has 1 nitrogen and oxygen atoms in total. The third-order valence-electron chi connectivity index (χ3n) is 10.3. The van der Waals surface area contributed by atoms with Gasteiger partial charge in [-0.1, -0.05) is 152 Å². The number of furan rings is 1. The van der Waals surface area contributed by atoms with E-state index < -0.39 is 0 Å². The third kappa shape index (κ3) is 4.40. The molecule has 1 aliphatic rings. The lowest BCUT2D eigenvalue weighted by Gasteiger charge is -2.23. The van der Waals surface area contributed by atoms with Gasteiger partial charge in [-0.3, -0.25) is 0 Å². The lowest BCUT2D eigenvalue weighted by Crippen LogP contribution is -1.99. The van der Waals surface area contributed by atoms with Gasteiger partial charge in [-0.15, -0.1) is 0 Å². The van der Waals surface area contributed by atoms with E-state index in [1.165, 1.54) is 65.7 Å². The Labute approximate surface area is 285 Å². The van der Waals surface area contributed by atoms with Crippen LogP contribution >= 0.6 is 0 Å². The normalized spacial score (nSPS) is 13.4. The van der Waals surface area contributed by atoms with Crippen LogP contribution in [0.5, 0.6) is 0 Å². The molecule has 0 unspecified atom stereocenters. The molecule has 0 N–H and O–H groups in total. The number of fused-ring (bicyclic) bond motifs is 6. The summed E-state index contributed by atoms with van der Waals surface area (Å²) in [5.41, 5.74) is 11.8. The first kappa shape index (κ1) is 27.9. The molecule has 0 saturated carbocycles. The fourth-order valence-electron chi connectivity index (χ4n) is 8.17. The first-order valence-electron chi connectivity index (χ1n) is 17.2. The smallest absolute Gasteiger partial charge is 0.143 e. The van der Waals surface area contributed by atoms with Crippen LogP contribution in [0.4, 0.5) is 0 Å². The van der Waals surface area contributed by atoms with Gasteiger partial charge in [0.25, 0.3) is 0 Å². The summed E-state index contributed by atoms with van der Waals surface area (Å²) in [7, 11) is 0. The van der Waals surface area contributed by atoms with Crippen molar-refractivity contribution in [3.05, 3.63) is 181 Å². The van der Waals surface area contributed by atoms with Crippen molar-refractivity contribution < 1.29 is 4.42 Å². The molecule has 230 valence electrons. The highest BCUT2D eigenvalue weighted by molar-refractivity contribution is 6.24. The van der Waals surface area contributed by atoms with Crippen LogP contribution < -0.4 is 0 Å². The van der Waals surface area contributed by atoms with Crippen molar-refractivity contribution in [3.63, 3.8) is 0 Å². The molecule has 1 aromatic heterocycles. The molecule has 0 spiro atoms. The number of para-hydroxylation sites is 1. The highest BCUT2D eigenvalue weighted by atomic mass is 16.3. The first-order chi connectivity index (χ1) is 24.3. The third-order valence-corrected chi connectivity index (χ3v) is 10.3. The van der Waals surface area contributed by atoms with Gasteiger partial charge in [0.15, 0.2) is 0 Å². The minimum absolute atomic E-state index is 0.915. The molecule has 1 heteroatoms. The minimum atomic E-state index is 0.915. The molecule has 0 atom stereocenters. The summed E-state index contributed by atoms with van der Waals surface area (Å²) in [5.74, 6) is 0. The van der Waals surface area contributed by atoms with Crippen molar-refractivity contribution in [1.82, 2.24) is 0 Å². The average molecular weight is 625 g/mol. The van der Waals surface area contributed by atoms with Crippen molar-refractivity contribution in [1.29, 1.82) is 0 Å². The van der Waals surface area contributed by atoms with Gasteiger partial charge in [0, 0.05) is 16.3 Å². The van der Waals surface area contributed by atoms with Gasteiger partial charge in [-0.05, 0) is 102 Å². The van der Waals surface area contributed by atoms with Crippen LogP contribution in [0.2, 0.25) is 0 Å². The van der Waals surface area contributed by atoms with Crippen LogP contribution in [0, 0.1) is 0 Å². The van der Waals surface area contributed by atoms with Crippen molar-refractivity contribution in [2.45, 2.75) is 12.8 Å². The van der Waals surface area contributed by atoms with Crippen LogP contribution in [0.15, 0.2) is 174 Å². The monoisotopic (exact) mass is 624 g/mol. The molecule has 0 saturated heterocycles. The summed E-state index contributed by atoms with van der Waals surface area (Å²) < 4.78 is 6.65. The van der Waals surface area contributed by atoms with E-state index in [1.54, 1.807) is 0 Å².